The van der Waals surface area contributed by atoms with Gasteiger partial charge < -0.3 is 10.2 Å². The lowest BCUT2D eigenvalue weighted by molar-refractivity contribution is -0.970. The Hall–Kier alpha value is -1.88. The van der Waals surface area contributed by atoms with Crippen molar-refractivity contribution in [1.29, 1.82) is 0 Å². The molecule has 0 aliphatic rings. The molecule has 2 N–H and O–H groups in total. The van der Waals surface area contributed by atoms with Crippen LogP contribution in [0.2, 0.25) is 0 Å². The third kappa shape index (κ3) is 2.58. The minimum absolute atomic E-state index is 0.626. The maximum Gasteiger partial charge on any atom is 0.699 e. The number of nitrogens with zero attached hydrogens (tertiary/aromatic N) is 3. The first-order chi connectivity index (χ1) is 7.28. The van der Waals surface area contributed by atoms with E-state index >= 15 is 0 Å². The van der Waals surface area contributed by atoms with Crippen LogP contribution in [-0.2, 0) is 0 Å². The van der Waals surface area contributed by atoms with Crippen LogP contribution in [0.1, 0.15) is 12.8 Å². The summed E-state index contributed by atoms with van der Waals surface area (Å²) in [5.74, 6) is -3.57. The molecule has 92 valence electrons. The van der Waals surface area contributed by atoms with Crippen LogP contribution < -0.4 is 0 Å². The lowest BCUT2D eigenvalue weighted by Gasteiger charge is -2.10. The first-order valence-corrected chi connectivity index (χ1v) is 4.01. The summed E-state index contributed by atoms with van der Waals surface area (Å²) in [5.41, 5.74) is 0. The normalized spacial score (nSPS) is 13.1. The van der Waals surface area contributed by atoms with Crippen molar-refractivity contribution in [2.75, 3.05) is 6.61 Å². The fraction of sp³-hybridized carbons (Fsp3) is 1.00. The Balaban J connectivity index is 5.00. The summed E-state index contributed by atoms with van der Waals surface area (Å²) < 4.78 is 0. The molecule has 0 fully saturated rings. The fourth-order valence-electron chi connectivity index (χ4n) is 0.925. The van der Waals surface area contributed by atoms with Crippen molar-refractivity contribution in [3.05, 3.63) is 30.3 Å². The van der Waals surface area contributed by atoms with Crippen molar-refractivity contribution >= 4 is 0 Å². The Labute approximate surface area is 87.7 Å². The quantitative estimate of drug-likeness (QED) is 0.310. The summed E-state index contributed by atoms with van der Waals surface area (Å²) in [6.07, 6.45) is -3.21. The molecule has 16 heavy (non-hydrogen) atoms. The third-order valence-electron chi connectivity index (χ3n) is 1.90. The van der Waals surface area contributed by atoms with Crippen LogP contribution in [0.25, 0.3) is 0 Å². The summed E-state index contributed by atoms with van der Waals surface area (Å²) in [7, 11) is 0. The van der Waals surface area contributed by atoms with Crippen LogP contribution in [0.5, 0.6) is 0 Å². The minimum Gasteiger partial charge on any atom is -0.394 e. The minimum atomic E-state index is -3.57. The van der Waals surface area contributed by atoms with Crippen molar-refractivity contribution in [3.63, 3.8) is 0 Å². The largest absolute Gasteiger partial charge is 0.699 e. The first kappa shape index (κ1) is 14.1. The molecule has 1 unspecified atom stereocenters. The molecule has 0 aromatic rings. The van der Waals surface area contributed by atoms with Gasteiger partial charge in [-0.1, -0.05) is 0 Å². The van der Waals surface area contributed by atoms with Gasteiger partial charge in [0.05, 0.1) is 12.7 Å². The van der Waals surface area contributed by atoms with E-state index < -0.39 is 46.1 Å². The summed E-state index contributed by atoms with van der Waals surface area (Å²) >= 11 is 0. The second-order valence-corrected chi connectivity index (χ2v) is 2.92. The zero-order chi connectivity index (χ0) is 12.9. The zero-order valence-electron chi connectivity index (χ0n) is 7.88. The number of hydrogen-bond donors (Lipinski definition) is 2. The summed E-state index contributed by atoms with van der Waals surface area (Å²) in [6, 6.07) is 0. The Kier molecular flexibility index (Phi) is 4.65. The van der Waals surface area contributed by atoms with E-state index in [1.165, 1.54) is 0 Å². The van der Waals surface area contributed by atoms with E-state index in [4.69, 9.17) is 10.2 Å². The van der Waals surface area contributed by atoms with Crippen molar-refractivity contribution in [2.45, 2.75) is 24.7 Å². The average Bonchev–Trinajstić information content (AvgIpc) is 2.16. The van der Waals surface area contributed by atoms with Crippen molar-refractivity contribution in [1.82, 2.24) is 0 Å². The second kappa shape index (κ2) is 5.27. The van der Waals surface area contributed by atoms with E-state index in [1.807, 2.05) is 0 Å². The van der Waals surface area contributed by atoms with Gasteiger partial charge in [-0.3, -0.25) is 30.3 Å². The van der Waals surface area contributed by atoms with E-state index in [2.05, 4.69) is 0 Å². The maximum atomic E-state index is 10.4. The van der Waals surface area contributed by atoms with Gasteiger partial charge in [-0.05, 0) is 6.42 Å². The molecule has 0 saturated heterocycles. The standard InChI is InChI=1S/C5H9N3O8/c9-3-4(10)1-2-5(6(11)12,7(13)14)8(15)16/h4,9-10H,1-3H2. The molecule has 0 amide bonds. The number of hydrogen-bond acceptors (Lipinski definition) is 8. The molecular formula is C5H9N3O8. The van der Waals surface area contributed by atoms with Gasteiger partial charge >= 0.3 is 5.79 Å². The number of aliphatic hydroxyl groups is 2. The highest BCUT2D eigenvalue weighted by Crippen LogP contribution is 2.20. The van der Waals surface area contributed by atoms with E-state index in [9.17, 15) is 30.3 Å². The maximum absolute atomic E-state index is 10.4. The van der Waals surface area contributed by atoms with Gasteiger partial charge in [0.25, 0.3) is 0 Å². The predicted molar refractivity (Wildman–Crippen MR) is 46.0 cm³/mol. The SMILES string of the molecule is O=[N+]([O-])C(CCC(O)CO)([N+](=O)[O-])[N+](=O)[O-]. The van der Waals surface area contributed by atoms with Gasteiger partial charge in [0.15, 0.2) is 21.2 Å². The highest BCUT2D eigenvalue weighted by Gasteiger charge is 2.69. The highest BCUT2D eigenvalue weighted by molar-refractivity contribution is 4.60. The summed E-state index contributed by atoms with van der Waals surface area (Å²) in [5, 5.41) is 48.4. The molecule has 0 radical (unpaired) electrons. The van der Waals surface area contributed by atoms with E-state index in [1.54, 1.807) is 0 Å². The topological polar surface area (TPSA) is 170 Å². The van der Waals surface area contributed by atoms with Gasteiger partial charge in [-0.2, -0.15) is 0 Å². The Morgan fingerprint density at radius 1 is 1.06 bits per heavy atom. The van der Waals surface area contributed by atoms with Crippen LogP contribution in [0.4, 0.5) is 0 Å². The smallest absolute Gasteiger partial charge is 0.394 e. The molecule has 0 aromatic carbocycles. The molecular weight excluding hydrogens is 230 g/mol. The lowest BCUT2D eigenvalue weighted by atomic mass is 10.1. The zero-order valence-corrected chi connectivity index (χ0v) is 7.88. The van der Waals surface area contributed by atoms with Gasteiger partial charge in [0, 0.05) is 0 Å². The van der Waals surface area contributed by atoms with Crippen LogP contribution >= 0.6 is 0 Å². The lowest BCUT2D eigenvalue weighted by Crippen LogP contribution is -2.53. The molecule has 0 rings (SSSR count). The Morgan fingerprint density at radius 2 is 1.44 bits per heavy atom. The van der Waals surface area contributed by atoms with Crippen LogP contribution in [0, 0.1) is 30.3 Å². The monoisotopic (exact) mass is 239 g/mol. The average molecular weight is 239 g/mol. The molecule has 0 heterocycles. The van der Waals surface area contributed by atoms with E-state index in [0.29, 0.717) is 0 Å². The van der Waals surface area contributed by atoms with Crippen molar-refractivity contribution in [3.8, 4) is 0 Å². The number of aliphatic hydroxyl groups excluding tert-OH is 2. The molecule has 0 aliphatic heterocycles. The van der Waals surface area contributed by atoms with Crippen molar-refractivity contribution in [2.24, 2.45) is 0 Å². The molecule has 11 nitrogen and oxygen atoms in total. The molecule has 11 heteroatoms. The third-order valence-corrected chi connectivity index (χ3v) is 1.90. The van der Waals surface area contributed by atoms with Crippen LogP contribution in [0.15, 0.2) is 0 Å². The van der Waals surface area contributed by atoms with Crippen LogP contribution in [-0.4, -0.2) is 43.5 Å². The van der Waals surface area contributed by atoms with Gasteiger partial charge in [-0.15, -0.1) is 0 Å². The van der Waals surface area contributed by atoms with Gasteiger partial charge in [0.1, 0.15) is 0 Å². The summed E-state index contributed by atoms with van der Waals surface area (Å²) in [6.45, 7) is -0.788. The Morgan fingerprint density at radius 3 is 1.69 bits per heavy atom. The molecule has 0 bridgehead atoms. The van der Waals surface area contributed by atoms with E-state index in [-0.39, 0.29) is 0 Å². The molecule has 0 spiro atoms. The number of nitro groups is 3. The molecule has 0 saturated carbocycles. The van der Waals surface area contributed by atoms with Gasteiger partial charge in [-0.25, -0.2) is 0 Å². The first-order valence-electron chi connectivity index (χ1n) is 4.01. The van der Waals surface area contributed by atoms with Crippen LogP contribution in [0.3, 0.4) is 0 Å². The van der Waals surface area contributed by atoms with Gasteiger partial charge in [0.2, 0.25) is 0 Å². The predicted octanol–water partition coefficient (Wildman–Crippen LogP) is -1.40. The number of rotatable bonds is 7. The highest BCUT2D eigenvalue weighted by atomic mass is 16.7. The van der Waals surface area contributed by atoms with E-state index in [0.717, 1.165) is 0 Å². The fourth-order valence-corrected chi connectivity index (χ4v) is 0.925. The molecule has 1 atom stereocenters. The Bertz CT molecular complexity index is 268. The molecule has 0 aliphatic carbocycles. The van der Waals surface area contributed by atoms with Crippen molar-refractivity contribution < 1.29 is 25.0 Å². The summed E-state index contributed by atoms with van der Waals surface area (Å²) in [4.78, 5) is 26.3. The molecule has 0 aromatic heterocycles. The second-order valence-electron chi connectivity index (χ2n) is 2.92.